The predicted octanol–water partition coefficient (Wildman–Crippen LogP) is 2.94. The molecular formula is C10H11F4NO. The third kappa shape index (κ3) is 4.06. The lowest BCUT2D eigenvalue weighted by Gasteiger charge is -2.12. The van der Waals surface area contributed by atoms with Gasteiger partial charge in [0.1, 0.15) is 5.75 Å². The fourth-order valence-electron chi connectivity index (χ4n) is 1.25. The molecule has 90 valence electrons. The second-order valence-corrected chi connectivity index (χ2v) is 3.18. The molecule has 2 N–H and O–H groups in total. The molecule has 0 aliphatic heterocycles. The molecule has 2 nitrogen and oxygen atoms in total. The quantitative estimate of drug-likeness (QED) is 0.799. The summed E-state index contributed by atoms with van der Waals surface area (Å²) < 4.78 is 52.0. The van der Waals surface area contributed by atoms with E-state index in [0.29, 0.717) is 5.56 Å². The van der Waals surface area contributed by atoms with E-state index in [0.717, 1.165) is 0 Å². The maximum Gasteiger partial charge on any atom is 0.387 e. The molecule has 1 rings (SSSR count). The van der Waals surface area contributed by atoms with Gasteiger partial charge < -0.3 is 10.5 Å². The van der Waals surface area contributed by atoms with Crippen molar-refractivity contribution >= 4 is 0 Å². The number of halogens is 4. The van der Waals surface area contributed by atoms with Crippen LogP contribution in [-0.4, -0.2) is 13.0 Å². The molecule has 0 amide bonds. The lowest BCUT2D eigenvalue weighted by molar-refractivity contribution is -0.0499. The van der Waals surface area contributed by atoms with Gasteiger partial charge >= 0.3 is 6.61 Å². The molecule has 0 bridgehead atoms. The first kappa shape index (κ1) is 12.8. The van der Waals surface area contributed by atoms with Gasteiger partial charge in [0, 0.05) is 12.5 Å². The molecule has 0 aliphatic rings. The molecule has 0 saturated heterocycles. The fraction of sp³-hybridized carbons (Fsp3) is 0.400. The third-order valence-corrected chi connectivity index (χ3v) is 1.94. The Labute approximate surface area is 90.0 Å². The number of hydrogen-bond acceptors (Lipinski definition) is 2. The van der Waals surface area contributed by atoms with Gasteiger partial charge in [-0.05, 0) is 17.7 Å². The molecule has 0 radical (unpaired) electrons. The summed E-state index contributed by atoms with van der Waals surface area (Å²) >= 11 is 0. The van der Waals surface area contributed by atoms with Gasteiger partial charge in [-0.15, -0.1) is 0 Å². The van der Waals surface area contributed by atoms with Gasteiger partial charge in [0.05, 0.1) is 0 Å². The van der Waals surface area contributed by atoms with Gasteiger partial charge in [-0.2, -0.15) is 8.78 Å². The van der Waals surface area contributed by atoms with Crippen LogP contribution in [0.2, 0.25) is 0 Å². The lowest BCUT2D eigenvalue weighted by atomic mass is 10.0. The number of hydrogen-bond donors (Lipinski definition) is 1. The molecule has 0 spiro atoms. The van der Waals surface area contributed by atoms with E-state index in [9.17, 15) is 17.6 Å². The van der Waals surface area contributed by atoms with Crippen molar-refractivity contribution in [2.24, 2.45) is 5.73 Å². The van der Waals surface area contributed by atoms with Crippen molar-refractivity contribution in [1.82, 2.24) is 0 Å². The SMILES string of the molecule is N[C@@H](CC(F)F)c1cccc(OC(F)F)c1. The summed E-state index contributed by atoms with van der Waals surface area (Å²) in [5.41, 5.74) is 5.82. The number of alkyl halides is 4. The van der Waals surface area contributed by atoms with Crippen LogP contribution in [0.5, 0.6) is 5.75 Å². The zero-order chi connectivity index (χ0) is 12.1. The summed E-state index contributed by atoms with van der Waals surface area (Å²) in [6.07, 6.45) is -3.05. The van der Waals surface area contributed by atoms with E-state index >= 15 is 0 Å². The van der Waals surface area contributed by atoms with Crippen LogP contribution in [0.3, 0.4) is 0 Å². The molecule has 0 saturated carbocycles. The molecule has 0 fully saturated rings. The smallest absolute Gasteiger partial charge is 0.387 e. The van der Waals surface area contributed by atoms with Crippen LogP contribution < -0.4 is 10.5 Å². The van der Waals surface area contributed by atoms with E-state index in [1.54, 1.807) is 0 Å². The van der Waals surface area contributed by atoms with Gasteiger partial charge in [-0.1, -0.05) is 12.1 Å². The van der Waals surface area contributed by atoms with Crippen molar-refractivity contribution in [2.45, 2.75) is 25.5 Å². The van der Waals surface area contributed by atoms with Gasteiger partial charge in [-0.25, -0.2) is 8.78 Å². The molecule has 0 aliphatic carbocycles. The standard InChI is InChI=1S/C10H11F4NO/c11-9(12)5-8(15)6-2-1-3-7(4-6)16-10(13)14/h1-4,8-10H,5,15H2/t8-/m0/s1. The Hall–Kier alpha value is -1.30. The molecule has 6 heteroatoms. The molecule has 0 heterocycles. The second-order valence-electron chi connectivity index (χ2n) is 3.18. The summed E-state index contributed by atoms with van der Waals surface area (Å²) in [5, 5.41) is 0. The van der Waals surface area contributed by atoms with Crippen LogP contribution in [0.1, 0.15) is 18.0 Å². The fourth-order valence-corrected chi connectivity index (χ4v) is 1.25. The monoisotopic (exact) mass is 237 g/mol. The van der Waals surface area contributed by atoms with Crippen LogP contribution in [0.4, 0.5) is 17.6 Å². The van der Waals surface area contributed by atoms with Crippen LogP contribution in [0.15, 0.2) is 24.3 Å². The summed E-state index contributed by atoms with van der Waals surface area (Å²) in [6.45, 7) is -2.94. The van der Waals surface area contributed by atoms with Crippen LogP contribution >= 0.6 is 0 Å². The van der Waals surface area contributed by atoms with Crippen molar-refractivity contribution < 1.29 is 22.3 Å². The molecule has 16 heavy (non-hydrogen) atoms. The Morgan fingerprint density at radius 3 is 2.44 bits per heavy atom. The van der Waals surface area contributed by atoms with E-state index in [2.05, 4.69) is 4.74 Å². The molecule has 0 unspecified atom stereocenters. The first-order chi connectivity index (χ1) is 7.49. The Morgan fingerprint density at radius 1 is 1.19 bits per heavy atom. The Morgan fingerprint density at radius 2 is 1.88 bits per heavy atom. The predicted molar refractivity (Wildman–Crippen MR) is 50.6 cm³/mol. The van der Waals surface area contributed by atoms with Crippen LogP contribution in [0.25, 0.3) is 0 Å². The van der Waals surface area contributed by atoms with Crippen molar-refractivity contribution in [3.05, 3.63) is 29.8 Å². The van der Waals surface area contributed by atoms with Gasteiger partial charge in [0.2, 0.25) is 6.43 Å². The minimum absolute atomic E-state index is 0.0859. The maximum absolute atomic E-state index is 12.1. The summed E-state index contributed by atoms with van der Waals surface area (Å²) in [6, 6.07) is 4.58. The summed E-state index contributed by atoms with van der Waals surface area (Å²) in [4.78, 5) is 0. The highest BCUT2D eigenvalue weighted by molar-refractivity contribution is 5.30. The van der Waals surface area contributed by atoms with Crippen LogP contribution in [0, 0.1) is 0 Å². The number of ether oxygens (including phenoxy) is 1. The minimum atomic E-state index is -2.94. The second kappa shape index (κ2) is 5.69. The van der Waals surface area contributed by atoms with E-state index in [1.807, 2.05) is 0 Å². The van der Waals surface area contributed by atoms with Gasteiger partial charge in [-0.3, -0.25) is 0 Å². The maximum atomic E-state index is 12.1. The highest BCUT2D eigenvalue weighted by atomic mass is 19.3. The van der Waals surface area contributed by atoms with Crippen molar-refractivity contribution in [2.75, 3.05) is 0 Å². The van der Waals surface area contributed by atoms with E-state index in [4.69, 9.17) is 5.73 Å². The Balaban J connectivity index is 2.73. The first-order valence-electron chi connectivity index (χ1n) is 4.57. The molecular weight excluding hydrogens is 226 g/mol. The van der Waals surface area contributed by atoms with Crippen molar-refractivity contribution in [3.63, 3.8) is 0 Å². The van der Waals surface area contributed by atoms with Crippen molar-refractivity contribution in [3.8, 4) is 5.75 Å². The number of rotatable bonds is 5. The number of benzene rings is 1. The van der Waals surface area contributed by atoms with Gasteiger partial charge in [0.25, 0.3) is 0 Å². The Bertz CT molecular complexity index is 332. The average Bonchev–Trinajstić information content (AvgIpc) is 2.16. The summed E-state index contributed by atoms with van der Waals surface area (Å²) in [7, 11) is 0. The zero-order valence-electron chi connectivity index (χ0n) is 8.25. The number of nitrogens with two attached hydrogens (primary N) is 1. The lowest BCUT2D eigenvalue weighted by Crippen LogP contribution is -2.14. The highest BCUT2D eigenvalue weighted by Gasteiger charge is 2.14. The normalized spacial score (nSPS) is 13.2. The minimum Gasteiger partial charge on any atom is -0.435 e. The van der Waals surface area contributed by atoms with E-state index in [-0.39, 0.29) is 5.75 Å². The Kier molecular flexibility index (Phi) is 4.54. The summed E-state index contributed by atoms with van der Waals surface area (Å²) in [5.74, 6) is -0.0859. The molecule has 1 aromatic carbocycles. The zero-order valence-corrected chi connectivity index (χ0v) is 8.25. The van der Waals surface area contributed by atoms with E-state index in [1.165, 1.54) is 24.3 Å². The average molecular weight is 237 g/mol. The van der Waals surface area contributed by atoms with Crippen LogP contribution in [-0.2, 0) is 0 Å². The molecule has 1 atom stereocenters. The van der Waals surface area contributed by atoms with Crippen molar-refractivity contribution in [1.29, 1.82) is 0 Å². The largest absolute Gasteiger partial charge is 0.435 e. The topological polar surface area (TPSA) is 35.2 Å². The molecule has 0 aromatic heterocycles. The first-order valence-corrected chi connectivity index (χ1v) is 4.57. The van der Waals surface area contributed by atoms with E-state index < -0.39 is 25.5 Å². The van der Waals surface area contributed by atoms with Gasteiger partial charge in [0.15, 0.2) is 0 Å². The molecule has 1 aromatic rings. The highest BCUT2D eigenvalue weighted by Crippen LogP contribution is 2.23. The third-order valence-electron chi connectivity index (χ3n) is 1.94.